The Morgan fingerprint density at radius 3 is 2.68 bits per heavy atom. The largest absolute Gasteiger partial charge is 0.368 e. The van der Waals surface area contributed by atoms with Crippen molar-refractivity contribution in [2.75, 3.05) is 18.5 Å². The second-order valence-corrected chi connectivity index (χ2v) is 6.38. The van der Waals surface area contributed by atoms with Gasteiger partial charge in [0.2, 0.25) is 0 Å². The fourth-order valence-corrected chi connectivity index (χ4v) is 3.51. The predicted octanol–water partition coefficient (Wildman–Crippen LogP) is 3.72. The summed E-state index contributed by atoms with van der Waals surface area (Å²) in [6.07, 6.45) is 1.10. The lowest BCUT2D eigenvalue weighted by Crippen LogP contribution is -2.53. The standard InChI is InChI=1S/C15H22BrFN2/c1-9-7-12(16)13(17)8-15(9)19-6-5-14(18-4)10(2)11(19)3/h7-8,10-11,14,18H,5-6H2,1-4H3. The minimum atomic E-state index is -0.184. The van der Waals surface area contributed by atoms with Crippen LogP contribution in [0.2, 0.25) is 0 Å². The number of halogens is 2. The van der Waals surface area contributed by atoms with Gasteiger partial charge in [-0.2, -0.15) is 0 Å². The van der Waals surface area contributed by atoms with Gasteiger partial charge in [-0.05, 0) is 66.9 Å². The minimum absolute atomic E-state index is 0.184. The van der Waals surface area contributed by atoms with Gasteiger partial charge in [-0.3, -0.25) is 0 Å². The van der Waals surface area contributed by atoms with Crippen molar-refractivity contribution in [1.29, 1.82) is 0 Å². The molecule has 0 radical (unpaired) electrons. The van der Waals surface area contributed by atoms with Crippen LogP contribution >= 0.6 is 15.9 Å². The first-order chi connectivity index (χ1) is 8.95. The van der Waals surface area contributed by atoms with Crippen LogP contribution in [0.3, 0.4) is 0 Å². The molecule has 2 nitrogen and oxygen atoms in total. The Balaban J connectivity index is 2.30. The highest BCUT2D eigenvalue weighted by Crippen LogP contribution is 2.33. The number of hydrogen-bond acceptors (Lipinski definition) is 2. The van der Waals surface area contributed by atoms with E-state index < -0.39 is 0 Å². The second-order valence-electron chi connectivity index (χ2n) is 5.53. The van der Waals surface area contributed by atoms with Gasteiger partial charge in [-0.1, -0.05) is 6.92 Å². The molecule has 1 N–H and O–H groups in total. The molecule has 0 aromatic heterocycles. The van der Waals surface area contributed by atoms with Crippen molar-refractivity contribution >= 4 is 21.6 Å². The number of piperidine rings is 1. The summed E-state index contributed by atoms with van der Waals surface area (Å²) in [6, 6.07) is 4.48. The third kappa shape index (κ3) is 2.79. The van der Waals surface area contributed by atoms with E-state index >= 15 is 0 Å². The zero-order valence-corrected chi connectivity index (χ0v) is 13.6. The third-order valence-corrected chi connectivity index (χ3v) is 5.09. The van der Waals surface area contributed by atoms with Gasteiger partial charge >= 0.3 is 0 Å². The topological polar surface area (TPSA) is 15.3 Å². The van der Waals surface area contributed by atoms with E-state index in [1.165, 1.54) is 0 Å². The molecule has 106 valence electrons. The normalized spacial score (nSPS) is 27.7. The molecule has 1 aliphatic heterocycles. The summed E-state index contributed by atoms with van der Waals surface area (Å²) in [4.78, 5) is 2.34. The van der Waals surface area contributed by atoms with E-state index in [4.69, 9.17) is 0 Å². The quantitative estimate of drug-likeness (QED) is 0.890. The summed E-state index contributed by atoms with van der Waals surface area (Å²) in [6.45, 7) is 7.51. The lowest BCUT2D eigenvalue weighted by atomic mass is 9.86. The molecular weight excluding hydrogens is 307 g/mol. The molecule has 4 heteroatoms. The van der Waals surface area contributed by atoms with Gasteiger partial charge in [-0.25, -0.2) is 4.39 Å². The fraction of sp³-hybridized carbons (Fsp3) is 0.600. The van der Waals surface area contributed by atoms with Crippen molar-refractivity contribution in [3.63, 3.8) is 0 Å². The highest BCUT2D eigenvalue weighted by molar-refractivity contribution is 9.10. The van der Waals surface area contributed by atoms with Crippen LogP contribution in [0.1, 0.15) is 25.8 Å². The molecule has 1 aromatic carbocycles. The van der Waals surface area contributed by atoms with Crippen LogP contribution in [0.15, 0.2) is 16.6 Å². The Kier molecular flexibility index (Phi) is 4.51. The number of nitrogens with zero attached hydrogens (tertiary/aromatic N) is 1. The lowest BCUT2D eigenvalue weighted by molar-refractivity contribution is 0.282. The Labute approximate surface area is 123 Å². The van der Waals surface area contributed by atoms with Crippen molar-refractivity contribution in [2.45, 2.75) is 39.3 Å². The molecule has 1 fully saturated rings. The Bertz CT molecular complexity index is 464. The van der Waals surface area contributed by atoms with E-state index in [0.29, 0.717) is 22.5 Å². The first kappa shape index (κ1) is 14.8. The highest BCUT2D eigenvalue weighted by Gasteiger charge is 2.32. The van der Waals surface area contributed by atoms with E-state index in [2.05, 4.69) is 40.0 Å². The van der Waals surface area contributed by atoms with Gasteiger partial charge in [0, 0.05) is 24.3 Å². The summed E-state index contributed by atoms with van der Waals surface area (Å²) in [5.41, 5.74) is 2.14. The molecule has 3 unspecified atom stereocenters. The molecular formula is C15H22BrFN2. The van der Waals surface area contributed by atoms with E-state index in [1.807, 2.05) is 20.0 Å². The number of anilines is 1. The van der Waals surface area contributed by atoms with Gasteiger partial charge < -0.3 is 10.2 Å². The monoisotopic (exact) mass is 328 g/mol. The molecule has 1 heterocycles. The summed E-state index contributed by atoms with van der Waals surface area (Å²) in [5, 5.41) is 3.38. The molecule has 1 saturated heterocycles. The average molecular weight is 329 g/mol. The van der Waals surface area contributed by atoms with Crippen molar-refractivity contribution < 1.29 is 4.39 Å². The van der Waals surface area contributed by atoms with Gasteiger partial charge in [0.1, 0.15) is 5.82 Å². The van der Waals surface area contributed by atoms with E-state index in [-0.39, 0.29) is 5.82 Å². The fourth-order valence-electron chi connectivity index (χ4n) is 3.06. The smallest absolute Gasteiger partial charge is 0.139 e. The van der Waals surface area contributed by atoms with Gasteiger partial charge in [0.15, 0.2) is 0 Å². The van der Waals surface area contributed by atoms with Gasteiger partial charge in [-0.15, -0.1) is 0 Å². The van der Waals surface area contributed by atoms with Crippen LogP contribution in [0.25, 0.3) is 0 Å². The SMILES string of the molecule is CNC1CCN(c2cc(F)c(Br)cc2C)C(C)C1C. The van der Waals surface area contributed by atoms with E-state index in [0.717, 1.165) is 24.2 Å². The summed E-state index contributed by atoms with van der Waals surface area (Å²) in [5.74, 6) is 0.362. The maximum absolute atomic E-state index is 13.8. The number of benzene rings is 1. The Hall–Kier alpha value is -0.610. The van der Waals surface area contributed by atoms with Crippen molar-refractivity contribution in [3.8, 4) is 0 Å². The van der Waals surface area contributed by atoms with E-state index in [1.54, 1.807) is 6.07 Å². The molecule has 0 aliphatic carbocycles. The molecule has 1 aliphatic rings. The van der Waals surface area contributed by atoms with Gasteiger partial charge in [0.25, 0.3) is 0 Å². The molecule has 2 rings (SSSR count). The van der Waals surface area contributed by atoms with Crippen LogP contribution in [0, 0.1) is 18.7 Å². The third-order valence-electron chi connectivity index (χ3n) is 4.49. The maximum atomic E-state index is 13.8. The Morgan fingerprint density at radius 1 is 1.37 bits per heavy atom. The lowest BCUT2D eigenvalue weighted by Gasteiger charge is -2.44. The number of nitrogens with one attached hydrogen (secondary N) is 1. The van der Waals surface area contributed by atoms with Gasteiger partial charge in [0.05, 0.1) is 4.47 Å². The summed E-state index contributed by atoms with van der Waals surface area (Å²) >= 11 is 3.25. The number of hydrogen-bond donors (Lipinski definition) is 1. The molecule has 1 aromatic rings. The predicted molar refractivity (Wildman–Crippen MR) is 82.3 cm³/mol. The van der Waals surface area contributed by atoms with E-state index in [9.17, 15) is 4.39 Å². The van der Waals surface area contributed by atoms with Crippen LogP contribution in [0.4, 0.5) is 10.1 Å². The molecule has 0 amide bonds. The number of aryl methyl sites for hydroxylation is 1. The zero-order chi connectivity index (χ0) is 14.2. The molecule has 19 heavy (non-hydrogen) atoms. The molecule has 0 bridgehead atoms. The first-order valence-corrected chi connectivity index (χ1v) is 7.64. The highest BCUT2D eigenvalue weighted by atomic mass is 79.9. The van der Waals surface area contributed by atoms with Crippen LogP contribution in [0.5, 0.6) is 0 Å². The molecule has 3 atom stereocenters. The summed E-state index contributed by atoms with van der Waals surface area (Å²) in [7, 11) is 2.02. The molecule has 0 saturated carbocycles. The maximum Gasteiger partial charge on any atom is 0.139 e. The minimum Gasteiger partial charge on any atom is -0.368 e. The first-order valence-electron chi connectivity index (χ1n) is 6.85. The Morgan fingerprint density at radius 2 is 2.05 bits per heavy atom. The van der Waals surface area contributed by atoms with Crippen molar-refractivity contribution in [3.05, 3.63) is 28.0 Å². The van der Waals surface area contributed by atoms with Crippen molar-refractivity contribution in [1.82, 2.24) is 5.32 Å². The summed E-state index contributed by atoms with van der Waals surface area (Å²) < 4.78 is 14.3. The zero-order valence-electron chi connectivity index (χ0n) is 12.0. The number of rotatable bonds is 2. The second kappa shape index (κ2) is 5.80. The van der Waals surface area contributed by atoms with Crippen LogP contribution in [-0.4, -0.2) is 25.7 Å². The van der Waals surface area contributed by atoms with Crippen LogP contribution < -0.4 is 10.2 Å². The molecule has 0 spiro atoms. The van der Waals surface area contributed by atoms with Crippen molar-refractivity contribution in [2.24, 2.45) is 5.92 Å². The van der Waals surface area contributed by atoms with Crippen LogP contribution in [-0.2, 0) is 0 Å². The average Bonchev–Trinajstić information content (AvgIpc) is 2.37.